The number of aryl methyl sites for hydroxylation is 1. The van der Waals surface area contributed by atoms with Crippen LogP contribution in [0.25, 0.3) is 0 Å². The minimum atomic E-state index is -0.331. The van der Waals surface area contributed by atoms with Crippen LogP contribution < -0.4 is 0 Å². The molecule has 4 rings (SSSR count). The highest BCUT2D eigenvalue weighted by atomic mass is 16.7. The maximum absolute atomic E-state index is 13.6. The number of carbonyl (C=O) groups is 1. The van der Waals surface area contributed by atoms with Gasteiger partial charge in [0.25, 0.3) is 0 Å². The van der Waals surface area contributed by atoms with Crippen LogP contribution in [0.5, 0.6) is 0 Å². The van der Waals surface area contributed by atoms with Gasteiger partial charge in [0.15, 0.2) is 5.82 Å². The van der Waals surface area contributed by atoms with Crippen molar-refractivity contribution in [3.63, 3.8) is 0 Å². The number of hydrogen-bond donors (Lipinski definition) is 0. The molecule has 2 heterocycles. The van der Waals surface area contributed by atoms with Crippen molar-refractivity contribution in [2.24, 2.45) is 18.9 Å². The van der Waals surface area contributed by atoms with E-state index in [9.17, 15) is 4.79 Å². The normalized spacial score (nSPS) is 22.3. The molecule has 29 heavy (non-hydrogen) atoms. The summed E-state index contributed by atoms with van der Waals surface area (Å²) in [6, 6.07) is 20.2. The molecule has 1 aromatic heterocycles. The zero-order valence-corrected chi connectivity index (χ0v) is 17.1. The number of rotatable bonds is 6. The Hall–Kier alpha value is -2.76. The van der Waals surface area contributed by atoms with Crippen molar-refractivity contribution in [3.05, 3.63) is 90.0 Å². The van der Waals surface area contributed by atoms with Gasteiger partial charge in [0, 0.05) is 26.0 Å². The smallest absolute Gasteiger partial charge is 0.206 e. The van der Waals surface area contributed by atoms with Crippen LogP contribution in [0.15, 0.2) is 73.1 Å². The molecular formula is C24H27N3O2. The lowest BCUT2D eigenvalue weighted by Gasteiger charge is -2.25. The second kappa shape index (κ2) is 8.31. The molecule has 5 heteroatoms. The van der Waals surface area contributed by atoms with Crippen LogP contribution in [-0.2, 0) is 18.4 Å². The van der Waals surface area contributed by atoms with E-state index in [1.807, 2.05) is 54.7 Å². The number of hydroxylamine groups is 2. The molecule has 3 atom stereocenters. The monoisotopic (exact) mass is 389 g/mol. The molecule has 0 bridgehead atoms. The van der Waals surface area contributed by atoms with Gasteiger partial charge in [-0.05, 0) is 17.0 Å². The average molecular weight is 389 g/mol. The first kappa shape index (κ1) is 19.6. The number of ketones is 1. The molecule has 5 nitrogen and oxygen atoms in total. The van der Waals surface area contributed by atoms with Gasteiger partial charge < -0.3 is 4.57 Å². The van der Waals surface area contributed by atoms with E-state index in [1.54, 1.807) is 10.8 Å². The van der Waals surface area contributed by atoms with E-state index in [-0.39, 0.29) is 29.8 Å². The van der Waals surface area contributed by atoms with Gasteiger partial charge in [-0.25, -0.2) is 4.98 Å². The summed E-state index contributed by atoms with van der Waals surface area (Å²) >= 11 is 0. The van der Waals surface area contributed by atoms with E-state index in [2.05, 4.69) is 43.1 Å². The summed E-state index contributed by atoms with van der Waals surface area (Å²) in [6.07, 6.45) is 3.27. The molecule has 0 amide bonds. The van der Waals surface area contributed by atoms with Crippen molar-refractivity contribution in [1.29, 1.82) is 0 Å². The van der Waals surface area contributed by atoms with Crippen molar-refractivity contribution in [2.45, 2.75) is 32.5 Å². The molecule has 1 aliphatic heterocycles. The summed E-state index contributed by atoms with van der Waals surface area (Å²) in [5, 5.41) is 1.99. The van der Waals surface area contributed by atoms with E-state index in [0.29, 0.717) is 12.4 Å². The number of nitrogens with zero attached hydrogens (tertiary/aromatic N) is 3. The second-order valence-electron chi connectivity index (χ2n) is 7.98. The van der Waals surface area contributed by atoms with Gasteiger partial charge in [-0.15, -0.1) is 0 Å². The molecule has 1 saturated heterocycles. The number of Topliss-reactive ketones (excluding diaryl/α,β-unsaturated/α-hetero) is 1. The van der Waals surface area contributed by atoms with Gasteiger partial charge in [-0.3, -0.25) is 9.63 Å². The highest BCUT2D eigenvalue weighted by Crippen LogP contribution is 2.44. The Morgan fingerprint density at radius 1 is 1.07 bits per heavy atom. The Bertz CT molecular complexity index is 953. The Morgan fingerprint density at radius 2 is 1.72 bits per heavy atom. The number of benzene rings is 2. The Balaban J connectivity index is 1.76. The van der Waals surface area contributed by atoms with Crippen LogP contribution in [0.1, 0.15) is 41.6 Å². The zero-order valence-electron chi connectivity index (χ0n) is 17.1. The molecule has 1 aliphatic rings. The predicted molar refractivity (Wildman–Crippen MR) is 112 cm³/mol. The van der Waals surface area contributed by atoms with Gasteiger partial charge in [0.2, 0.25) is 5.78 Å². The molecule has 1 fully saturated rings. The molecule has 150 valence electrons. The third kappa shape index (κ3) is 3.88. The quantitative estimate of drug-likeness (QED) is 0.585. The lowest BCUT2D eigenvalue weighted by Crippen LogP contribution is -2.33. The maximum atomic E-state index is 13.6. The van der Waals surface area contributed by atoms with Crippen molar-refractivity contribution in [2.75, 3.05) is 0 Å². The van der Waals surface area contributed by atoms with Gasteiger partial charge in [0.1, 0.15) is 0 Å². The minimum Gasteiger partial charge on any atom is -0.332 e. The molecule has 0 spiro atoms. The van der Waals surface area contributed by atoms with Gasteiger partial charge in [-0.1, -0.05) is 74.5 Å². The first-order chi connectivity index (χ1) is 14.1. The van der Waals surface area contributed by atoms with Crippen LogP contribution in [0, 0.1) is 11.8 Å². The molecule has 0 radical (unpaired) electrons. The Labute approximate surface area is 171 Å². The van der Waals surface area contributed by atoms with Crippen molar-refractivity contribution >= 4 is 5.78 Å². The highest BCUT2D eigenvalue weighted by Gasteiger charge is 2.50. The summed E-state index contributed by atoms with van der Waals surface area (Å²) < 4.78 is 1.79. The fourth-order valence-corrected chi connectivity index (χ4v) is 4.15. The summed E-state index contributed by atoms with van der Waals surface area (Å²) in [4.78, 5) is 24.4. The zero-order chi connectivity index (χ0) is 20.4. The van der Waals surface area contributed by atoms with Gasteiger partial charge in [0.05, 0.1) is 18.1 Å². The number of imidazole rings is 1. The van der Waals surface area contributed by atoms with Crippen LogP contribution in [0.2, 0.25) is 0 Å². The molecule has 0 unspecified atom stereocenters. The van der Waals surface area contributed by atoms with Gasteiger partial charge in [-0.2, -0.15) is 5.06 Å². The summed E-state index contributed by atoms with van der Waals surface area (Å²) in [7, 11) is 1.86. The summed E-state index contributed by atoms with van der Waals surface area (Å²) in [6.45, 7) is 4.84. The molecular weight excluding hydrogens is 362 g/mol. The Morgan fingerprint density at radius 3 is 2.31 bits per heavy atom. The van der Waals surface area contributed by atoms with Crippen molar-refractivity contribution in [1.82, 2.24) is 14.6 Å². The fourth-order valence-electron chi connectivity index (χ4n) is 4.15. The van der Waals surface area contributed by atoms with Crippen LogP contribution in [-0.4, -0.2) is 26.5 Å². The predicted octanol–water partition coefficient (Wildman–Crippen LogP) is 4.43. The third-order valence-corrected chi connectivity index (χ3v) is 5.59. The maximum Gasteiger partial charge on any atom is 0.206 e. The molecule has 0 N–H and O–H groups in total. The molecule has 0 aliphatic carbocycles. The van der Waals surface area contributed by atoms with Crippen molar-refractivity contribution < 1.29 is 9.63 Å². The topological polar surface area (TPSA) is 47.4 Å². The van der Waals surface area contributed by atoms with E-state index in [1.165, 1.54) is 0 Å². The summed E-state index contributed by atoms with van der Waals surface area (Å²) in [5.41, 5.74) is 2.24. The molecule has 0 saturated carbocycles. The molecule has 3 aromatic rings. The largest absolute Gasteiger partial charge is 0.332 e. The van der Waals surface area contributed by atoms with Crippen LogP contribution in [0.4, 0.5) is 0 Å². The minimum absolute atomic E-state index is 0.0283. The van der Waals surface area contributed by atoms with Gasteiger partial charge >= 0.3 is 0 Å². The summed E-state index contributed by atoms with van der Waals surface area (Å²) in [5.74, 6) is 0.366. The lowest BCUT2D eigenvalue weighted by atomic mass is 9.81. The van der Waals surface area contributed by atoms with Crippen LogP contribution in [0.3, 0.4) is 0 Å². The number of hydrogen-bond acceptors (Lipinski definition) is 4. The first-order valence-electron chi connectivity index (χ1n) is 10.1. The number of carbonyl (C=O) groups excluding carboxylic acids is 1. The molecule has 2 aromatic carbocycles. The standard InChI is InChI=1S/C24H27N3O2/c1-17(2)23-20(22(28)24-25-14-15-26(24)3)21(19-12-8-5-9-13-19)27(29-23)16-18-10-6-4-7-11-18/h4-15,17,20-21,23H,16H2,1-3H3/t20-,21+,23-/m1/s1. The van der Waals surface area contributed by atoms with E-state index in [4.69, 9.17) is 4.84 Å². The van der Waals surface area contributed by atoms with E-state index >= 15 is 0 Å². The highest BCUT2D eigenvalue weighted by molar-refractivity contribution is 5.96. The third-order valence-electron chi connectivity index (χ3n) is 5.59. The van der Waals surface area contributed by atoms with E-state index < -0.39 is 0 Å². The van der Waals surface area contributed by atoms with E-state index in [0.717, 1.165) is 11.1 Å². The first-order valence-corrected chi connectivity index (χ1v) is 10.1. The Kier molecular flexibility index (Phi) is 5.60. The van der Waals surface area contributed by atoms with Crippen molar-refractivity contribution in [3.8, 4) is 0 Å². The second-order valence-corrected chi connectivity index (χ2v) is 7.98. The SMILES string of the molecule is CC(C)[C@H]1ON(Cc2ccccc2)[C@@H](c2ccccc2)[C@@H]1C(=O)c1nccn1C. The number of aromatic nitrogens is 2. The average Bonchev–Trinajstić information content (AvgIpc) is 3.33. The lowest BCUT2D eigenvalue weighted by molar-refractivity contribution is -0.180. The van der Waals surface area contributed by atoms with Crippen LogP contribution >= 0.6 is 0 Å². The fraction of sp³-hybridized carbons (Fsp3) is 0.333.